The van der Waals surface area contributed by atoms with Crippen LogP contribution in [0.2, 0.25) is 0 Å². The first kappa shape index (κ1) is 11.5. The Morgan fingerprint density at radius 3 is 2.94 bits per heavy atom. The number of pyridine rings is 1. The van der Waals surface area contributed by atoms with Gasteiger partial charge in [0.1, 0.15) is 0 Å². The van der Waals surface area contributed by atoms with Crippen LogP contribution in [-0.4, -0.2) is 16.9 Å². The molecule has 1 atom stereocenters. The van der Waals surface area contributed by atoms with Crippen molar-refractivity contribution >= 4 is 16.7 Å². The number of benzene rings is 1. The van der Waals surface area contributed by atoms with Crippen LogP contribution in [0, 0.1) is 0 Å². The molecular weight excluding hydrogens is 214 g/mol. The number of fused-ring (bicyclic) bond motifs is 1. The molecule has 1 aromatic carbocycles. The summed E-state index contributed by atoms with van der Waals surface area (Å²) in [5.74, 6) is -0.167. The predicted octanol–water partition coefficient (Wildman–Crippen LogP) is 1.20. The molecule has 1 aromatic heterocycles. The number of aromatic nitrogens is 1. The summed E-state index contributed by atoms with van der Waals surface area (Å²) in [6.07, 6.45) is 1.75. The molecule has 4 heteroatoms. The molecule has 88 valence electrons. The first-order valence-corrected chi connectivity index (χ1v) is 5.54. The summed E-state index contributed by atoms with van der Waals surface area (Å²) in [6.45, 7) is 2.06. The molecule has 0 aliphatic heterocycles. The van der Waals surface area contributed by atoms with Gasteiger partial charge >= 0.3 is 0 Å². The summed E-state index contributed by atoms with van der Waals surface area (Å²) in [5, 5.41) is 4.94. The predicted molar refractivity (Wildman–Crippen MR) is 67.2 cm³/mol. The van der Waals surface area contributed by atoms with Gasteiger partial charge in [0.25, 0.3) is 0 Å². The van der Waals surface area contributed by atoms with Crippen LogP contribution >= 0.6 is 0 Å². The second kappa shape index (κ2) is 4.93. The highest BCUT2D eigenvalue weighted by atomic mass is 16.2. The highest BCUT2D eigenvalue weighted by Gasteiger charge is 2.08. The number of carbonyl (C=O) groups is 1. The van der Waals surface area contributed by atoms with Crippen LogP contribution in [0.1, 0.15) is 12.6 Å². The Kier molecular flexibility index (Phi) is 3.35. The molecular formula is C13H15N3O. The Bertz CT molecular complexity index is 532. The smallest absolute Gasteiger partial charge is 0.236 e. The molecule has 2 rings (SSSR count). The van der Waals surface area contributed by atoms with Gasteiger partial charge in [0, 0.05) is 11.6 Å². The van der Waals surface area contributed by atoms with E-state index in [0.29, 0.717) is 6.54 Å². The van der Waals surface area contributed by atoms with E-state index in [1.54, 1.807) is 13.1 Å². The largest absolute Gasteiger partial charge is 0.349 e. The molecule has 0 spiro atoms. The maximum absolute atomic E-state index is 11.4. The maximum atomic E-state index is 11.4. The molecule has 0 aliphatic carbocycles. The molecule has 2 aromatic rings. The average molecular weight is 229 g/mol. The van der Waals surface area contributed by atoms with Crippen molar-refractivity contribution in [2.45, 2.75) is 19.5 Å². The fourth-order valence-electron chi connectivity index (χ4n) is 1.65. The van der Waals surface area contributed by atoms with Crippen LogP contribution in [0.5, 0.6) is 0 Å². The van der Waals surface area contributed by atoms with Crippen molar-refractivity contribution in [3.8, 4) is 0 Å². The van der Waals surface area contributed by atoms with Gasteiger partial charge in [0.15, 0.2) is 0 Å². The third-order valence-corrected chi connectivity index (χ3v) is 2.60. The number of hydrogen-bond acceptors (Lipinski definition) is 3. The zero-order valence-electron chi connectivity index (χ0n) is 9.68. The third kappa shape index (κ3) is 2.60. The third-order valence-electron chi connectivity index (χ3n) is 2.60. The minimum atomic E-state index is -0.495. The van der Waals surface area contributed by atoms with Gasteiger partial charge in [-0.2, -0.15) is 0 Å². The van der Waals surface area contributed by atoms with Crippen LogP contribution in [0.4, 0.5) is 0 Å². The fourth-order valence-corrected chi connectivity index (χ4v) is 1.65. The minimum absolute atomic E-state index is 0.167. The van der Waals surface area contributed by atoms with Gasteiger partial charge in [-0.3, -0.25) is 9.78 Å². The molecule has 0 unspecified atom stereocenters. The first-order chi connectivity index (χ1) is 8.18. The van der Waals surface area contributed by atoms with Crippen molar-refractivity contribution in [3.63, 3.8) is 0 Å². The van der Waals surface area contributed by atoms with E-state index < -0.39 is 6.04 Å². The van der Waals surface area contributed by atoms with Crippen molar-refractivity contribution in [1.82, 2.24) is 10.3 Å². The summed E-state index contributed by atoms with van der Waals surface area (Å²) in [6, 6.07) is 9.41. The minimum Gasteiger partial charge on any atom is -0.349 e. The summed E-state index contributed by atoms with van der Waals surface area (Å²) >= 11 is 0. The van der Waals surface area contributed by atoms with Gasteiger partial charge < -0.3 is 11.1 Å². The number of nitrogens with zero attached hydrogens (tertiary/aromatic N) is 1. The van der Waals surface area contributed by atoms with E-state index in [4.69, 9.17) is 5.73 Å². The lowest BCUT2D eigenvalue weighted by atomic mass is 10.1. The zero-order valence-corrected chi connectivity index (χ0v) is 9.68. The molecule has 1 amide bonds. The normalized spacial score (nSPS) is 12.4. The Labute approximate surface area is 99.8 Å². The summed E-state index contributed by atoms with van der Waals surface area (Å²) in [7, 11) is 0. The van der Waals surface area contributed by atoms with Crippen LogP contribution in [-0.2, 0) is 11.3 Å². The molecule has 0 saturated heterocycles. The Balaban J connectivity index is 2.21. The first-order valence-electron chi connectivity index (χ1n) is 5.54. The number of nitrogens with two attached hydrogens (primary N) is 1. The lowest BCUT2D eigenvalue weighted by molar-refractivity contribution is -0.122. The molecule has 0 saturated carbocycles. The van der Waals surface area contributed by atoms with Crippen LogP contribution < -0.4 is 11.1 Å². The second-order valence-corrected chi connectivity index (χ2v) is 3.99. The molecule has 0 radical (unpaired) electrons. The van der Waals surface area contributed by atoms with Crippen LogP contribution in [0.25, 0.3) is 10.8 Å². The number of nitrogens with one attached hydrogen (secondary N) is 1. The van der Waals surface area contributed by atoms with Crippen molar-refractivity contribution in [2.75, 3.05) is 0 Å². The zero-order chi connectivity index (χ0) is 12.3. The number of carbonyl (C=O) groups excluding carboxylic acids is 1. The highest BCUT2D eigenvalue weighted by Crippen LogP contribution is 2.15. The molecule has 0 fully saturated rings. The molecule has 0 aliphatic rings. The van der Waals surface area contributed by atoms with E-state index in [-0.39, 0.29) is 5.91 Å². The number of rotatable bonds is 3. The second-order valence-electron chi connectivity index (χ2n) is 3.99. The summed E-state index contributed by atoms with van der Waals surface area (Å²) < 4.78 is 0. The number of hydrogen-bond donors (Lipinski definition) is 2. The van der Waals surface area contributed by atoms with Crippen molar-refractivity contribution in [2.24, 2.45) is 5.73 Å². The molecule has 4 nitrogen and oxygen atoms in total. The molecule has 17 heavy (non-hydrogen) atoms. The van der Waals surface area contributed by atoms with E-state index in [1.807, 2.05) is 30.3 Å². The lowest BCUT2D eigenvalue weighted by Crippen LogP contribution is -2.38. The van der Waals surface area contributed by atoms with Gasteiger partial charge in [-0.15, -0.1) is 0 Å². The maximum Gasteiger partial charge on any atom is 0.236 e. The van der Waals surface area contributed by atoms with Crippen LogP contribution in [0.15, 0.2) is 36.5 Å². The molecule has 1 heterocycles. The number of amides is 1. The van der Waals surface area contributed by atoms with Crippen molar-refractivity contribution in [1.29, 1.82) is 0 Å². The van der Waals surface area contributed by atoms with Gasteiger partial charge in [0.2, 0.25) is 5.91 Å². The Hall–Kier alpha value is -1.94. The fraction of sp³-hybridized carbons (Fsp3) is 0.231. The van der Waals surface area contributed by atoms with Crippen LogP contribution in [0.3, 0.4) is 0 Å². The van der Waals surface area contributed by atoms with E-state index in [2.05, 4.69) is 10.3 Å². The monoisotopic (exact) mass is 229 g/mol. The van der Waals surface area contributed by atoms with Gasteiger partial charge in [0.05, 0.1) is 18.3 Å². The van der Waals surface area contributed by atoms with Gasteiger partial charge in [-0.25, -0.2) is 0 Å². The highest BCUT2D eigenvalue weighted by molar-refractivity contribution is 5.85. The van der Waals surface area contributed by atoms with Gasteiger partial charge in [-0.1, -0.05) is 24.3 Å². The lowest BCUT2D eigenvalue weighted by Gasteiger charge is -2.09. The SMILES string of the molecule is C[C@H](N)C(=O)NCc1nccc2ccccc12. The Morgan fingerprint density at radius 1 is 1.41 bits per heavy atom. The van der Waals surface area contributed by atoms with E-state index in [9.17, 15) is 4.79 Å². The van der Waals surface area contributed by atoms with E-state index in [0.717, 1.165) is 16.5 Å². The topological polar surface area (TPSA) is 68.0 Å². The Morgan fingerprint density at radius 2 is 2.18 bits per heavy atom. The molecule has 0 bridgehead atoms. The summed E-state index contributed by atoms with van der Waals surface area (Å²) in [4.78, 5) is 15.7. The van der Waals surface area contributed by atoms with Crippen molar-refractivity contribution < 1.29 is 4.79 Å². The quantitative estimate of drug-likeness (QED) is 0.831. The summed E-state index contributed by atoms with van der Waals surface area (Å²) in [5.41, 5.74) is 6.34. The van der Waals surface area contributed by atoms with Crippen molar-refractivity contribution in [3.05, 3.63) is 42.2 Å². The average Bonchev–Trinajstić information content (AvgIpc) is 2.35. The standard InChI is InChI=1S/C13H15N3O/c1-9(14)13(17)16-8-12-11-5-3-2-4-10(11)6-7-15-12/h2-7,9H,8,14H2,1H3,(H,16,17)/t9-/m0/s1. The van der Waals surface area contributed by atoms with E-state index >= 15 is 0 Å². The van der Waals surface area contributed by atoms with Gasteiger partial charge in [-0.05, 0) is 18.4 Å². The van der Waals surface area contributed by atoms with E-state index in [1.165, 1.54) is 0 Å². The molecule has 3 N–H and O–H groups in total.